The lowest BCUT2D eigenvalue weighted by molar-refractivity contribution is -0.165. The standard InChI is InChI=1S/C20H27ClN2O3.C4H6O6/c1-20(2,25)12-23-8-5-13(6-9-23)3-4-17(24)15-11-16(21)18(22)14-7-10-26-19(14)15;5-1(3(7)8)2(6)4(9)10/h7,10-11,13,25H,3-6,8-9,12,22H2,1-2H3;1-2,5-6H,(H,7,8)(H,9,10). The Labute approximate surface area is 213 Å². The largest absolute Gasteiger partial charge is 0.479 e. The number of carbonyl (C=O) groups is 3. The number of piperidine rings is 1. The van der Waals surface area contributed by atoms with Gasteiger partial charge in [-0.05, 0) is 64.3 Å². The number of ketones is 1. The average Bonchev–Trinajstić information content (AvgIpc) is 3.29. The molecule has 1 aromatic heterocycles. The predicted molar refractivity (Wildman–Crippen MR) is 132 cm³/mol. The summed E-state index contributed by atoms with van der Waals surface area (Å²) in [5, 5.41) is 43.5. The number of furan rings is 1. The van der Waals surface area contributed by atoms with Crippen molar-refractivity contribution in [2.45, 2.75) is 57.3 Å². The summed E-state index contributed by atoms with van der Waals surface area (Å²) in [4.78, 5) is 34.6. The van der Waals surface area contributed by atoms with Crippen LogP contribution in [-0.2, 0) is 9.59 Å². The van der Waals surface area contributed by atoms with E-state index in [0.717, 1.165) is 32.4 Å². The smallest absolute Gasteiger partial charge is 0.335 e. The Morgan fingerprint density at radius 3 is 2.22 bits per heavy atom. The Balaban J connectivity index is 0.000000388. The second-order valence-corrected chi connectivity index (χ2v) is 9.95. The number of anilines is 1. The summed E-state index contributed by atoms with van der Waals surface area (Å²) in [7, 11) is 0. The molecule has 3 rings (SSSR count). The van der Waals surface area contributed by atoms with Gasteiger partial charge in [-0.2, -0.15) is 0 Å². The van der Waals surface area contributed by atoms with Gasteiger partial charge in [0.05, 0.1) is 28.1 Å². The molecule has 0 spiro atoms. The molecule has 2 heterocycles. The molecular weight excluding hydrogens is 496 g/mol. The zero-order valence-electron chi connectivity index (χ0n) is 20.2. The van der Waals surface area contributed by atoms with Gasteiger partial charge >= 0.3 is 11.9 Å². The number of nitrogens with two attached hydrogens (primary N) is 1. The number of aliphatic hydroxyl groups excluding tert-OH is 2. The number of β-amino-alcohol motifs (C(OH)–C–C–N with tert-alkyl or cyclic N) is 1. The minimum absolute atomic E-state index is 0.0470. The van der Waals surface area contributed by atoms with Crippen LogP contribution < -0.4 is 5.73 Å². The zero-order valence-corrected chi connectivity index (χ0v) is 20.9. The molecule has 2 aromatic rings. The van der Waals surface area contributed by atoms with Crippen LogP contribution in [0.5, 0.6) is 0 Å². The first-order valence-electron chi connectivity index (χ1n) is 11.5. The Morgan fingerprint density at radius 2 is 1.72 bits per heavy atom. The fourth-order valence-electron chi connectivity index (χ4n) is 4.06. The van der Waals surface area contributed by atoms with E-state index in [1.165, 1.54) is 6.26 Å². The van der Waals surface area contributed by atoms with Gasteiger partial charge in [0.2, 0.25) is 0 Å². The number of hydrogen-bond donors (Lipinski definition) is 6. The Bertz CT molecular complexity index is 1050. The number of hydrogen-bond acceptors (Lipinski definition) is 9. The molecule has 0 bridgehead atoms. The molecule has 11 nitrogen and oxygen atoms in total. The first kappa shape index (κ1) is 29.5. The van der Waals surface area contributed by atoms with Gasteiger partial charge in [-0.1, -0.05) is 11.6 Å². The number of Topliss-reactive ketones (excluding diaryl/α,β-unsaturated/α-hetero) is 1. The minimum atomic E-state index is -2.27. The third-order valence-electron chi connectivity index (χ3n) is 5.93. The molecule has 2 unspecified atom stereocenters. The quantitative estimate of drug-likeness (QED) is 0.206. The summed E-state index contributed by atoms with van der Waals surface area (Å²) in [6.45, 7) is 6.31. The summed E-state index contributed by atoms with van der Waals surface area (Å²) in [6, 6.07) is 3.36. The van der Waals surface area contributed by atoms with Crippen LogP contribution in [0.15, 0.2) is 22.8 Å². The molecule has 1 fully saturated rings. The third kappa shape index (κ3) is 8.17. The SMILES string of the molecule is CC(C)(O)CN1CCC(CCC(=O)c2cc(Cl)c(N)c3ccoc23)CC1.O=C(O)C(O)C(O)C(=O)O. The van der Waals surface area contributed by atoms with Gasteiger partial charge in [0.15, 0.2) is 18.0 Å². The highest BCUT2D eigenvalue weighted by atomic mass is 35.5. The number of nitrogens with zero attached hydrogens (tertiary/aromatic N) is 1. The maximum Gasteiger partial charge on any atom is 0.335 e. The van der Waals surface area contributed by atoms with E-state index < -0.39 is 29.7 Å². The number of carboxylic acids is 2. The number of aliphatic hydroxyl groups is 3. The van der Waals surface area contributed by atoms with Gasteiger partial charge in [-0.15, -0.1) is 0 Å². The minimum Gasteiger partial charge on any atom is -0.479 e. The van der Waals surface area contributed by atoms with Crippen molar-refractivity contribution in [2.75, 3.05) is 25.4 Å². The van der Waals surface area contributed by atoms with Crippen LogP contribution in [0.2, 0.25) is 5.02 Å². The van der Waals surface area contributed by atoms with Crippen molar-refractivity contribution >= 4 is 46.0 Å². The van der Waals surface area contributed by atoms with E-state index in [1.807, 2.05) is 13.8 Å². The highest BCUT2D eigenvalue weighted by Gasteiger charge is 2.29. The molecule has 1 saturated heterocycles. The molecule has 0 amide bonds. The van der Waals surface area contributed by atoms with E-state index in [4.69, 9.17) is 42.2 Å². The van der Waals surface area contributed by atoms with Crippen LogP contribution in [0.4, 0.5) is 5.69 Å². The number of nitrogen functional groups attached to an aromatic ring is 1. The van der Waals surface area contributed by atoms with Gasteiger partial charge in [-0.25, -0.2) is 9.59 Å². The Morgan fingerprint density at radius 1 is 1.17 bits per heavy atom. The molecule has 1 aromatic carbocycles. The highest BCUT2D eigenvalue weighted by molar-refractivity contribution is 6.35. The fourth-order valence-corrected chi connectivity index (χ4v) is 4.27. The van der Waals surface area contributed by atoms with Crippen molar-refractivity contribution in [2.24, 2.45) is 5.92 Å². The van der Waals surface area contributed by atoms with Crippen LogP contribution in [0.1, 0.15) is 49.9 Å². The second kappa shape index (κ2) is 12.5. The van der Waals surface area contributed by atoms with E-state index >= 15 is 0 Å². The number of benzene rings is 1. The molecule has 0 saturated carbocycles. The number of carbonyl (C=O) groups excluding carboxylic acids is 1. The van der Waals surface area contributed by atoms with Gasteiger partial charge in [-0.3, -0.25) is 4.79 Å². The predicted octanol–water partition coefficient (Wildman–Crippen LogP) is 1.99. The summed E-state index contributed by atoms with van der Waals surface area (Å²) >= 11 is 6.17. The molecule has 1 aliphatic heterocycles. The van der Waals surface area contributed by atoms with Crippen LogP contribution in [-0.4, -0.2) is 85.6 Å². The van der Waals surface area contributed by atoms with Crippen molar-refractivity contribution in [3.05, 3.63) is 29.0 Å². The van der Waals surface area contributed by atoms with Gasteiger partial charge in [0.1, 0.15) is 5.58 Å². The van der Waals surface area contributed by atoms with Crippen LogP contribution >= 0.6 is 11.6 Å². The van der Waals surface area contributed by atoms with E-state index in [9.17, 15) is 19.5 Å². The monoisotopic (exact) mass is 528 g/mol. The van der Waals surface area contributed by atoms with Crippen LogP contribution in [0.3, 0.4) is 0 Å². The third-order valence-corrected chi connectivity index (χ3v) is 6.24. The molecule has 0 radical (unpaired) electrons. The lowest BCUT2D eigenvalue weighted by atomic mass is 9.89. The lowest BCUT2D eigenvalue weighted by Crippen LogP contribution is -2.42. The molecule has 36 heavy (non-hydrogen) atoms. The highest BCUT2D eigenvalue weighted by Crippen LogP contribution is 2.34. The van der Waals surface area contributed by atoms with Crippen LogP contribution in [0.25, 0.3) is 11.0 Å². The first-order chi connectivity index (χ1) is 16.7. The van der Waals surface area contributed by atoms with Gasteiger partial charge in [0, 0.05) is 18.4 Å². The summed E-state index contributed by atoms with van der Waals surface area (Å²) < 4.78 is 5.47. The molecule has 12 heteroatoms. The van der Waals surface area contributed by atoms with Crippen molar-refractivity contribution < 1.29 is 44.3 Å². The summed E-state index contributed by atoms with van der Waals surface area (Å²) in [5.74, 6) is -2.95. The topological polar surface area (TPSA) is 195 Å². The molecular formula is C24H33ClN2O9. The molecule has 1 aliphatic rings. The lowest BCUT2D eigenvalue weighted by Gasteiger charge is -2.35. The fraction of sp³-hybridized carbons (Fsp3) is 0.542. The summed E-state index contributed by atoms with van der Waals surface area (Å²) in [6.07, 6.45) is 0.456. The van der Waals surface area contributed by atoms with Crippen molar-refractivity contribution in [3.8, 4) is 0 Å². The van der Waals surface area contributed by atoms with Gasteiger partial charge in [0.25, 0.3) is 0 Å². The molecule has 200 valence electrons. The summed E-state index contributed by atoms with van der Waals surface area (Å²) in [5.41, 5.74) is 6.78. The number of fused-ring (bicyclic) bond motifs is 1. The van der Waals surface area contributed by atoms with Crippen molar-refractivity contribution in [1.82, 2.24) is 4.90 Å². The number of aliphatic carboxylic acids is 2. The number of likely N-dealkylation sites (tertiary alicyclic amines) is 1. The number of halogens is 1. The number of carboxylic acid groups (broad SMARTS) is 2. The van der Waals surface area contributed by atoms with E-state index in [-0.39, 0.29) is 5.78 Å². The van der Waals surface area contributed by atoms with Crippen molar-refractivity contribution in [3.63, 3.8) is 0 Å². The van der Waals surface area contributed by atoms with E-state index in [0.29, 0.717) is 46.1 Å². The van der Waals surface area contributed by atoms with Crippen molar-refractivity contribution in [1.29, 1.82) is 0 Å². The molecule has 0 aliphatic carbocycles. The van der Waals surface area contributed by atoms with E-state index in [2.05, 4.69) is 4.90 Å². The molecule has 7 N–H and O–H groups in total. The molecule has 2 atom stereocenters. The maximum absolute atomic E-state index is 12.7. The maximum atomic E-state index is 12.7. The average molecular weight is 529 g/mol. The van der Waals surface area contributed by atoms with Crippen LogP contribution in [0, 0.1) is 5.92 Å². The Kier molecular flexibility index (Phi) is 10.3. The Hall–Kier alpha value is -2.70. The second-order valence-electron chi connectivity index (χ2n) is 9.54. The van der Waals surface area contributed by atoms with E-state index in [1.54, 1.807) is 12.1 Å². The van der Waals surface area contributed by atoms with Gasteiger partial charge < -0.3 is 40.6 Å². The zero-order chi connectivity index (χ0) is 27.2. The number of rotatable bonds is 9. The normalized spacial score (nSPS) is 16.7. The first-order valence-corrected chi connectivity index (χ1v) is 11.8.